The lowest BCUT2D eigenvalue weighted by Crippen LogP contribution is -2.41. The second-order valence-corrected chi connectivity index (χ2v) is 11.3. The first-order valence-electron chi connectivity index (χ1n) is 13.3. The van der Waals surface area contributed by atoms with Gasteiger partial charge in [-0.15, -0.1) is 0 Å². The van der Waals surface area contributed by atoms with Crippen LogP contribution in [0.2, 0.25) is 5.02 Å². The summed E-state index contributed by atoms with van der Waals surface area (Å²) in [7, 11) is 0. The Morgan fingerprint density at radius 2 is 1.80 bits per heavy atom. The summed E-state index contributed by atoms with van der Waals surface area (Å²) in [6.45, 7) is 1.34. The number of hydrogen-bond acceptors (Lipinski definition) is 7. The topological polar surface area (TPSA) is 114 Å². The van der Waals surface area contributed by atoms with Crippen molar-refractivity contribution in [2.24, 2.45) is 5.41 Å². The Morgan fingerprint density at radius 3 is 2.41 bits per heavy atom. The van der Waals surface area contributed by atoms with Gasteiger partial charge in [-0.3, -0.25) is 4.79 Å². The molecule has 3 heterocycles. The lowest BCUT2D eigenvalue weighted by Gasteiger charge is -2.39. The Hall–Kier alpha value is -3.85. The number of nitrogens with zero attached hydrogens (tertiary/aromatic N) is 3. The number of nitrogen functional groups attached to an aromatic ring is 1. The minimum atomic E-state index is -5.11. The average Bonchev–Trinajstić information content (AvgIpc) is 3.34. The van der Waals surface area contributed by atoms with Crippen LogP contribution in [0.25, 0.3) is 11.1 Å². The first-order chi connectivity index (χ1) is 20.5. The van der Waals surface area contributed by atoms with E-state index in [1.165, 1.54) is 6.07 Å². The minimum Gasteiger partial charge on any atom is -0.480 e. The van der Waals surface area contributed by atoms with Crippen LogP contribution in [0.15, 0.2) is 42.5 Å². The van der Waals surface area contributed by atoms with Gasteiger partial charge in [0, 0.05) is 36.3 Å². The maximum Gasteiger partial charge on any atom is 0.429 e. The number of halogens is 8. The van der Waals surface area contributed by atoms with Gasteiger partial charge in [-0.1, -0.05) is 17.7 Å². The molecule has 0 aliphatic carbocycles. The van der Waals surface area contributed by atoms with Crippen molar-refractivity contribution in [2.75, 3.05) is 30.3 Å². The highest BCUT2D eigenvalue weighted by Gasteiger charge is 2.46. The monoisotopic (exact) mass is 647 g/mol. The number of anilines is 2. The summed E-state index contributed by atoms with van der Waals surface area (Å²) in [5.41, 5.74) is 2.61. The maximum absolute atomic E-state index is 14.5. The number of rotatable bonds is 6. The molecule has 2 saturated heterocycles. The fourth-order valence-electron chi connectivity index (χ4n) is 5.68. The third-order valence-electron chi connectivity index (χ3n) is 7.88. The number of carboxylic acids is 1. The molecule has 1 spiro atoms. The Bertz CT molecular complexity index is 1560. The van der Waals surface area contributed by atoms with Gasteiger partial charge >= 0.3 is 18.3 Å². The predicted octanol–water partition coefficient (Wildman–Crippen LogP) is 6.25. The minimum absolute atomic E-state index is 0.105. The molecular formula is C28H25ClF7N5O3. The van der Waals surface area contributed by atoms with E-state index in [4.69, 9.17) is 22.1 Å². The van der Waals surface area contributed by atoms with Crippen LogP contribution in [0.4, 0.5) is 42.5 Å². The third kappa shape index (κ3) is 6.78. The van der Waals surface area contributed by atoms with Crippen molar-refractivity contribution in [3.05, 3.63) is 64.4 Å². The van der Waals surface area contributed by atoms with Gasteiger partial charge in [-0.2, -0.15) is 36.3 Å². The molecule has 2 aliphatic heterocycles. The van der Waals surface area contributed by atoms with E-state index >= 15 is 0 Å². The number of alkyl halides is 6. The van der Waals surface area contributed by atoms with Crippen molar-refractivity contribution in [1.82, 2.24) is 15.3 Å². The smallest absolute Gasteiger partial charge is 0.429 e. The number of nitrogens with two attached hydrogens (primary N) is 1. The average molecular weight is 648 g/mol. The molecule has 2 unspecified atom stereocenters. The third-order valence-corrected chi connectivity index (χ3v) is 8.12. The van der Waals surface area contributed by atoms with Crippen LogP contribution in [-0.4, -0.2) is 52.9 Å². The Labute approximate surface area is 251 Å². The van der Waals surface area contributed by atoms with E-state index in [2.05, 4.69) is 15.3 Å². The molecule has 0 bridgehead atoms. The molecule has 2 aromatic carbocycles. The second-order valence-electron chi connectivity index (χ2n) is 10.9. The first-order valence-corrected chi connectivity index (χ1v) is 13.7. The van der Waals surface area contributed by atoms with Crippen molar-refractivity contribution in [3.8, 4) is 17.0 Å². The van der Waals surface area contributed by atoms with Crippen molar-refractivity contribution in [1.29, 1.82) is 0 Å². The summed E-state index contributed by atoms with van der Waals surface area (Å²) in [5.74, 6) is -3.01. The van der Waals surface area contributed by atoms with Crippen molar-refractivity contribution >= 4 is 29.3 Å². The summed E-state index contributed by atoms with van der Waals surface area (Å²) in [6.07, 6.45) is -11.2. The van der Waals surface area contributed by atoms with E-state index in [9.17, 15) is 40.6 Å². The van der Waals surface area contributed by atoms with E-state index in [0.29, 0.717) is 51.0 Å². The molecule has 2 atom stereocenters. The van der Waals surface area contributed by atoms with Crippen molar-refractivity contribution in [3.63, 3.8) is 0 Å². The van der Waals surface area contributed by atoms with Gasteiger partial charge in [0.05, 0.1) is 5.56 Å². The predicted molar refractivity (Wildman–Crippen MR) is 146 cm³/mol. The summed E-state index contributed by atoms with van der Waals surface area (Å²) < 4.78 is 103. The number of aliphatic carboxylic acids is 1. The molecule has 0 amide bonds. The zero-order valence-corrected chi connectivity index (χ0v) is 23.4. The molecule has 44 heavy (non-hydrogen) atoms. The Kier molecular flexibility index (Phi) is 8.31. The van der Waals surface area contributed by atoms with Crippen LogP contribution >= 0.6 is 11.6 Å². The van der Waals surface area contributed by atoms with Crippen LogP contribution < -0.4 is 20.7 Å². The molecular weight excluding hydrogens is 623 g/mol. The van der Waals surface area contributed by atoms with E-state index < -0.39 is 64.4 Å². The van der Waals surface area contributed by atoms with Gasteiger partial charge in [0.1, 0.15) is 17.7 Å². The van der Waals surface area contributed by atoms with E-state index in [0.717, 1.165) is 18.2 Å². The van der Waals surface area contributed by atoms with Gasteiger partial charge in [-0.25, -0.2) is 4.39 Å². The summed E-state index contributed by atoms with van der Waals surface area (Å²) in [6, 6.07) is 4.96. The van der Waals surface area contributed by atoms with Gasteiger partial charge in [0.25, 0.3) is 0 Å². The van der Waals surface area contributed by atoms with Crippen LogP contribution in [0.1, 0.15) is 36.5 Å². The number of aromatic nitrogens is 2. The van der Waals surface area contributed by atoms with Gasteiger partial charge in [0.2, 0.25) is 17.9 Å². The standard InChI is InChI=1S/C28H25ClF7N5O3/c29-16-1-2-18(19(10-16)14-7-15(27(31,32)33)9-17(30)8-14)23(28(34,35)36)44-22-11-21(39-25(37)40-22)41-5-3-26(4-6-41)12-20(24(42)43)38-13-26/h1-2,7-11,20,23,38H,3-6,12-13H2,(H,42,43)(H2,37,39,40). The number of nitrogens with one attached hydrogen (secondary N) is 1. The van der Waals surface area contributed by atoms with E-state index in [1.54, 1.807) is 4.90 Å². The Morgan fingerprint density at radius 1 is 1.09 bits per heavy atom. The lowest BCUT2D eigenvalue weighted by atomic mass is 9.76. The SMILES string of the molecule is Nc1nc(OC(c2ccc(Cl)cc2-c2cc(F)cc(C(F)(F)F)c2)C(F)(F)F)cc(N2CCC3(CC2)CNC(C(=O)O)C3)n1. The molecule has 16 heteroatoms. The van der Waals surface area contributed by atoms with Crippen LogP contribution in [0.3, 0.4) is 0 Å². The number of benzene rings is 2. The number of carboxylic acid groups (broad SMARTS) is 1. The van der Waals surface area contributed by atoms with Gasteiger partial charge in [0.15, 0.2) is 0 Å². The molecule has 5 rings (SSSR count). The highest BCUT2D eigenvalue weighted by atomic mass is 35.5. The molecule has 2 fully saturated rings. The van der Waals surface area contributed by atoms with Crippen molar-refractivity contribution in [2.45, 2.75) is 43.8 Å². The largest absolute Gasteiger partial charge is 0.480 e. The van der Waals surface area contributed by atoms with E-state index in [-0.39, 0.29) is 28.3 Å². The summed E-state index contributed by atoms with van der Waals surface area (Å²) in [5, 5.41) is 12.2. The van der Waals surface area contributed by atoms with Crippen LogP contribution in [0, 0.1) is 11.2 Å². The molecule has 0 radical (unpaired) electrons. The van der Waals surface area contributed by atoms with Crippen LogP contribution in [-0.2, 0) is 11.0 Å². The Balaban J connectivity index is 1.45. The summed E-state index contributed by atoms with van der Waals surface area (Å²) >= 11 is 6.00. The zero-order chi connectivity index (χ0) is 32.0. The quantitative estimate of drug-likeness (QED) is 0.269. The van der Waals surface area contributed by atoms with Gasteiger partial charge < -0.3 is 25.8 Å². The molecule has 3 aromatic rings. The molecule has 236 valence electrons. The fourth-order valence-corrected chi connectivity index (χ4v) is 5.85. The summed E-state index contributed by atoms with van der Waals surface area (Å²) in [4.78, 5) is 21.1. The number of ether oxygens (including phenoxy) is 1. The number of piperidine rings is 1. The second kappa shape index (κ2) is 11.6. The molecule has 4 N–H and O–H groups in total. The highest BCUT2D eigenvalue weighted by Crippen LogP contribution is 2.44. The highest BCUT2D eigenvalue weighted by molar-refractivity contribution is 6.30. The zero-order valence-electron chi connectivity index (χ0n) is 22.6. The molecule has 0 saturated carbocycles. The lowest BCUT2D eigenvalue weighted by molar-refractivity contribution is -0.198. The number of carbonyl (C=O) groups is 1. The van der Waals surface area contributed by atoms with E-state index in [1.807, 2.05) is 0 Å². The molecule has 1 aromatic heterocycles. The van der Waals surface area contributed by atoms with Crippen molar-refractivity contribution < 1.29 is 45.4 Å². The van der Waals surface area contributed by atoms with Gasteiger partial charge in [-0.05, 0) is 66.1 Å². The fraction of sp³-hybridized carbons (Fsp3) is 0.393. The molecule has 2 aliphatic rings. The first kappa shape index (κ1) is 31.6. The maximum atomic E-state index is 14.5. The molecule has 8 nitrogen and oxygen atoms in total. The normalized spacial score (nSPS) is 19.3. The van der Waals surface area contributed by atoms with Crippen LogP contribution in [0.5, 0.6) is 5.88 Å². The number of hydrogen-bond donors (Lipinski definition) is 3.